The fourth-order valence-corrected chi connectivity index (χ4v) is 2.67. The van der Waals surface area contributed by atoms with Gasteiger partial charge in [0, 0.05) is 30.8 Å². The molecule has 0 saturated heterocycles. The van der Waals surface area contributed by atoms with Crippen LogP contribution in [0.4, 0.5) is 0 Å². The van der Waals surface area contributed by atoms with Crippen LogP contribution in [-0.2, 0) is 13.0 Å². The third kappa shape index (κ3) is 3.13. The van der Waals surface area contributed by atoms with Gasteiger partial charge in [-0.15, -0.1) is 0 Å². The van der Waals surface area contributed by atoms with Gasteiger partial charge in [0.1, 0.15) is 0 Å². The van der Waals surface area contributed by atoms with Crippen molar-refractivity contribution < 1.29 is 14.0 Å². The number of carbonyl (C=O) groups excluding carboxylic acids is 2. The highest BCUT2D eigenvalue weighted by molar-refractivity contribution is 5.95. The lowest BCUT2D eigenvalue weighted by molar-refractivity contribution is 0.0699. The van der Waals surface area contributed by atoms with Crippen molar-refractivity contribution >= 4 is 11.8 Å². The fourth-order valence-electron chi connectivity index (χ4n) is 2.67. The molecule has 0 fully saturated rings. The maximum absolute atomic E-state index is 12.4. The van der Waals surface area contributed by atoms with E-state index in [0.717, 1.165) is 24.1 Å². The quantitative estimate of drug-likeness (QED) is 0.822. The Morgan fingerprint density at radius 1 is 1.48 bits per heavy atom. The first-order valence-electron chi connectivity index (χ1n) is 7.87. The molecule has 1 aliphatic heterocycles. The van der Waals surface area contributed by atoms with Crippen molar-refractivity contribution in [1.82, 2.24) is 20.4 Å². The van der Waals surface area contributed by atoms with E-state index < -0.39 is 0 Å². The molecule has 0 saturated carbocycles. The third-order valence-electron chi connectivity index (χ3n) is 3.98. The Morgan fingerprint density at radius 2 is 2.35 bits per heavy atom. The van der Waals surface area contributed by atoms with E-state index in [4.69, 9.17) is 4.42 Å². The zero-order valence-electron chi connectivity index (χ0n) is 13.1. The summed E-state index contributed by atoms with van der Waals surface area (Å²) in [6, 6.07) is 3.33. The maximum atomic E-state index is 12.4. The molecule has 0 aromatic carbocycles. The minimum Gasteiger partial charge on any atom is -0.459 e. The third-order valence-corrected chi connectivity index (χ3v) is 3.98. The Hall–Kier alpha value is -2.57. The monoisotopic (exact) mass is 316 g/mol. The number of aromatic amines is 1. The average Bonchev–Trinajstić information content (AvgIpc) is 3.23. The van der Waals surface area contributed by atoms with E-state index in [2.05, 4.69) is 22.4 Å². The smallest absolute Gasteiger partial charge is 0.289 e. The largest absolute Gasteiger partial charge is 0.459 e. The Bertz CT molecular complexity index is 690. The van der Waals surface area contributed by atoms with Crippen LogP contribution in [0.5, 0.6) is 0 Å². The van der Waals surface area contributed by atoms with Crippen molar-refractivity contribution in [2.24, 2.45) is 0 Å². The first kappa shape index (κ1) is 15.3. The normalized spacial score (nSPS) is 13.7. The van der Waals surface area contributed by atoms with Gasteiger partial charge in [0.05, 0.1) is 12.8 Å². The predicted molar refractivity (Wildman–Crippen MR) is 83.0 cm³/mol. The van der Waals surface area contributed by atoms with Gasteiger partial charge in [-0.25, -0.2) is 0 Å². The summed E-state index contributed by atoms with van der Waals surface area (Å²) in [5, 5.41) is 9.92. The van der Waals surface area contributed by atoms with Crippen LogP contribution in [0.3, 0.4) is 0 Å². The first-order valence-corrected chi connectivity index (χ1v) is 7.87. The summed E-state index contributed by atoms with van der Waals surface area (Å²) in [6.45, 7) is 3.64. The molecule has 122 valence electrons. The maximum Gasteiger partial charge on any atom is 0.289 e. The van der Waals surface area contributed by atoms with Crippen molar-refractivity contribution in [3.8, 4) is 0 Å². The average molecular weight is 316 g/mol. The number of hydrogen-bond donors (Lipinski definition) is 2. The summed E-state index contributed by atoms with van der Waals surface area (Å²) in [5.74, 6) is -0.0478. The number of nitrogens with one attached hydrogen (secondary N) is 2. The number of nitrogens with zero attached hydrogens (tertiary/aromatic N) is 2. The zero-order valence-corrected chi connectivity index (χ0v) is 13.1. The van der Waals surface area contributed by atoms with Gasteiger partial charge in [-0.05, 0) is 18.6 Å². The second-order valence-corrected chi connectivity index (χ2v) is 5.59. The lowest BCUT2D eigenvalue weighted by Gasteiger charge is -2.26. The number of hydrogen-bond acceptors (Lipinski definition) is 4. The van der Waals surface area contributed by atoms with Gasteiger partial charge in [0.25, 0.3) is 11.8 Å². The predicted octanol–water partition coefficient (Wildman–Crippen LogP) is 1.73. The standard InChI is InChI=1S/C16H20N4O3/c1-2-3-7-17-15(21)14-11-10-20(8-6-12(11)18-19-14)16(22)13-5-4-9-23-13/h4-5,9H,2-3,6-8,10H2,1H3,(H,17,21)(H,18,19). The van der Waals surface area contributed by atoms with E-state index >= 15 is 0 Å². The van der Waals surface area contributed by atoms with E-state index in [9.17, 15) is 9.59 Å². The van der Waals surface area contributed by atoms with Gasteiger partial charge in [-0.2, -0.15) is 5.10 Å². The highest BCUT2D eigenvalue weighted by Gasteiger charge is 2.29. The summed E-state index contributed by atoms with van der Waals surface area (Å²) in [5.41, 5.74) is 2.10. The van der Waals surface area contributed by atoms with Crippen LogP contribution in [0, 0.1) is 0 Å². The Kier molecular flexibility index (Phi) is 4.45. The summed E-state index contributed by atoms with van der Waals surface area (Å²) in [4.78, 5) is 26.3. The minimum atomic E-state index is -0.191. The first-order chi connectivity index (χ1) is 11.2. The number of aromatic nitrogens is 2. The molecule has 0 atom stereocenters. The van der Waals surface area contributed by atoms with E-state index in [-0.39, 0.29) is 11.8 Å². The van der Waals surface area contributed by atoms with E-state index in [0.29, 0.717) is 37.5 Å². The molecule has 7 heteroatoms. The molecule has 0 aliphatic carbocycles. The molecule has 0 bridgehead atoms. The number of fused-ring (bicyclic) bond motifs is 1. The lowest BCUT2D eigenvalue weighted by atomic mass is 10.0. The fraction of sp³-hybridized carbons (Fsp3) is 0.438. The van der Waals surface area contributed by atoms with Crippen LogP contribution in [-0.4, -0.2) is 40.0 Å². The molecule has 0 spiro atoms. The van der Waals surface area contributed by atoms with Crippen molar-refractivity contribution in [1.29, 1.82) is 0 Å². The number of H-pyrrole nitrogens is 1. The van der Waals surface area contributed by atoms with Gasteiger partial charge < -0.3 is 14.6 Å². The number of unbranched alkanes of at least 4 members (excludes halogenated alkanes) is 1. The summed E-state index contributed by atoms with van der Waals surface area (Å²) < 4.78 is 5.17. The lowest BCUT2D eigenvalue weighted by Crippen LogP contribution is -2.36. The van der Waals surface area contributed by atoms with E-state index in [1.54, 1.807) is 17.0 Å². The summed E-state index contributed by atoms with van der Waals surface area (Å²) in [7, 11) is 0. The van der Waals surface area contributed by atoms with Gasteiger partial charge in [-0.1, -0.05) is 13.3 Å². The molecule has 0 unspecified atom stereocenters. The molecule has 2 N–H and O–H groups in total. The number of carbonyl (C=O) groups is 2. The van der Waals surface area contributed by atoms with Crippen molar-refractivity contribution in [3.05, 3.63) is 41.1 Å². The molecule has 7 nitrogen and oxygen atoms in total. The van der Waals surface area contributed by atoms with Crippen molar-refractivity contribution in [3.63, 3.8) is 0 Å². The van der Waals surface area contributed by atoms with Gasteiger partial charge >= 0.3 is 0 Å². The van der Waals surface area contributed by atoms with Crippen LogP contribution < -0.4 is 5.32 Å². The number of rotatable bonds is 5. The number of amides is 2. The van der Waals surface area contributed by atoms with Crippen LogP contribution in [0.15, 0.2) is 22.8 Å². The van der Waals surface area contributed by atoms with Crippen LogP contribution in [0.1, 0.15) is 52.1 Å². The second kappa shape index (κ2) is 6.68. The highest BCUT2D eigenvalue weighted by Crippen LogP contribution is 2.22. The zero-order chi connectivity index (χ0) is 16.2. The SMILES string of the molecule is CCCCNC(=O)c1n[nH]c2c1CN(C(=O)c1ccco1)CC2. The number of furan rings is 1. The molecule has 3 rings (SSSR count). The van der Waals surface area contributed by atoms with E-state index in [1.165, 1.54) is 6.26 Å². The topological polar surface area (TPSA) is 91.2 Å². The molecule has 23 heavy (non-hydrogen) atoms. The van der Waals surface area contributed by atoms with Crippen LogP contribution in [0.25, 0.3) is 0 Å². The molecular formula is C16H20N4O3. The molecule has 1 aliphatic rings. The molecule has 2 aromatic heterocycles. The molecular weight excluding hydrogens is 296 g/mol. The second-order valence-electron chi connectivity index (χ2n) is 5.59. The molecule has 2 amide bonds. The van der Waals surface area contributed by atoms with Gasteiger partial charge in [0.15, 0.2) is 11.5 Å². The van der Waals surface area contributed by atoms with Crippen molar-refractivity contribution in [2.75, 3.05) is 13.1 Å². The van der Waals surface area contributed by atoms with Crippen molar-refractivity contribution in [2.45, 2.75) is 32.7 Å². The Morgan fingerprint density at radius 3 is 3.09 bits per heavy atom. The van der Waals surface area contributed by atoms with E-state index in [1.807, 2.05) is 0 Å². The summed E-state index contributed by atoms with van der Waals surface area (Å²) in [6.07, 6.45) is 4.08. The molecule has 2 aromatic rings. The minimum absolute atomic E-state index is 0.167. The van der Waals surface area contributed by atoms with Crippen LogP contribution >= 0.6 is 0 Å². The highest BCUT2D eigenvalue weighted by atomic mass is 16.3. The Labute approximate surface area is 134 Å². The van der Waals surface area contributed by atoms with Crippen LogP contribution in [0.2, 0.25) is 0 Å². The summed E-state index contributed by atoms with van der Waals surface area (Å²) >= 11 is 0. The molecule has 3 heterocycles. The van der Waals surface area contributed by atoms with Gasteiger partial charge in [0.2, 0.25) is 0 Å². The Balaban J connectivity index is 1.73. The molecule has 0 radical (unpaired) electrons. The van der Waals surface area contributed by atoms with Gasteiger partial charge in [-0.3, -0.25) is 14.7 Å².